The molecular formula is C10H11N3O. The molecule has 1 aliphatic carbocycles. The van der Waals surface area contributed by atoms with E-state index < -0.39 is 0 Å². The van der Waals surface area contributed by atoms with Crippen LogP contribution in [0, 0.1) is 11.3 Å². The van der Waals surface area contributed by atoms with E-state index in [1.165, 1.54) is 12.8 Å². The number of nitriles is 1. The molecule has 4 heteroatoms. The van der Waals surface area contributed by atoms with Crippen molar-refractivity contribution in [1.82, 2.24) is 10.2 Å². The highest BCUT2D eigenvalue weighted by molar-refractivity contribution is 5.21. The zero-order valence-electron chi connectivity index (χ0n) is 7.81. The van der Waals surface area contributed by atoms with Gasteiger partial charge in [-0.25, -0.2) is 0 Å². The average Bonchev–Trinajstić information content (AvgIpc) is 2.72. The van der Waals surface area contributed by atoms with Crippen molar-refractivity contribution in [1.29, 1.82) is 5.26 Å². The highest BCUT2D eigenvalue weighted by Crippen LogP contribution is 2.22. The summed E-state index contributed by atoms with van der Waals surface area (Å²) in [7, 11) is 0. The van der Waals surface area contributed by atoms with Crippen LogP contribution in [0.3, 0.4) is 0 Å². The first-order valence-electron chi connectivity index (χ1n) is 4.79. The third kappa shape index (κ3) is 1.99. The summed E-state index contributed by atoms with van der Waals surface area (Å²) in [5.74, 6) is 0.524. The lowest BCUT2D eigenvalue weighted by Crippen LogP contribution is -2.12. The minimum atomic E-state index is 0.289. The van der Waals surface area contributed by atoms with Crippen LogP contribution in [-0.2, 0) is 0 Å². The van der Waals surface area contributed by atoms with Crippen LogP contribution in [0.1, 0.15) is 31.4 Å². The molecule has 72 valence electrons. The van der Waals surface area contributed by atoms with Gasteiger partial charge >= 0.3 is 0 Å². The Morgan fingerprint density at radius 3 is 2.64 bits per heavy atom. The molecule has 0 spiro atoms. The number of ether oxygens (including phenoxy) is 1. The van der Waals surface area contributed by atoms with E-state index in [4.69, 9.17) is 10.00 Å². The van der Waals surface area contributed by atoms with E-state index in [9.17, 15) is 0 Å². The molecule has 0 radical (unpaired) electrons. The van der Waals surface area contributed by atoms with Gasteiger partial charge in [0.05, 0.1) is 0 Å². The molecule has 1 aliphatic rings. The molecule has 14 heavy (non-hydrogen) atoms. The quantitative estimate of drug-likeness (QED) is 0.710. The summed E-state index contributed by atoms with van der Waals surface area (Å²) in [5.41, 5.74) is 0.323. The summed E-state index contributed by atoms with van der Waals surface area (Å²) in [6.45, 7) is 0. The smallest absolute Gasteiger partial charge is 0.233 e. The van der Waals surface area contributed by atoms with Crippen molar-refractivity contribution in [3.63, 3.8) is 0 Å². The fraction of sp³-hybridized carbons (Fsp3) is 0.500. The SMILES string of the molecule is N#Cc1ccc(OC2CCCC2)nn1. The lowest BCUT2D eigenvalue weighted by molar-refractivity contribution is 0.199. The van der Waals surface area contributed by atoms with Crippen molar-refractivity contribution in [3.05, 3.63) is 17.8 Å². The maximum atomic E-state index is 8.52. The Labute approximate surface area is 82.5 Å². The van der Waals surface area contributed by atoms with E-state index in [2.05, 4.69) is 10.2 Å². The lowest BCUT2D eigenvalue weighted by Gasteiger charge is -2.10. The number of rotatable bonds is 2. The second-order valence-electron chi connectivity index (χ2n) is 3.39. The molecule has 0 aromatic carbocycles. The van der Waals surface area contributed by atoms with Crippen LogP contribution in [0.5, 0.6) is 5.88 Å². The van der Waals surface area contributed by atoms with Crippen LogP contribution >= 0.6 is 0 Å². The predicted octanol–water partition coefficient (Wildman–Crippen LogP) is 1.67. The van der Waals surface area contributed by atoms with Crippen molar-refractivity contribution >= 4 is 0 Å². The zero-order valence-corrected chi connectivity index (χ0v) is 7.81. The number of nitrogens with zero attached hydrogens (tertiary/aromatic N) is 3. The van der Waals surface area contributed by atoms with Crippen molar-refractivity contribution in [2.45, 2.75) is 31.8 Å². The molecule has 0 amide bonds. The fourth-order valence-corrected chi connectivity index (χ4v) is 1.62. The van der Waals surface area contributed by atoms with Gasteiger partial charge in [0.25, 0.3) is 0 Å². The van der Waals surface area contributed by atoms with Gasteiger partial charge in [0, 0.05) is 6.07 Å². The molecule has 1 heterocycles. The summed E-state index contributed by atoms with van der Waals surface area (Å²) < 4.78 is 5.59. The Morgan fingerprint density at radius 1 is 1.29 bits per heavy atom. The highest BCUT2D eigenvalue weighted by Gasteiger charge is 2.16. The molecule has 1 saturated carbocycles. The summed E-state index contributed by atoms with van der Waals surface area (Å²) in [6, 6.07) is 5.24. The van der Waals surface area contributed by atoms with E-state index in [1.807, 2.05) is 6.07 Å². The topological polar surface area (TPSA) is 58.8 Å². The van der Waals surface area contributed by atoms with Gasteiger partial charge in [0.15, 0.2) is 5.69 Å². The van der Waals surface area contributed by atoms with Gasteiger partial charge in [-0.15, -0.1) is 10.2 Å². The Morgan fingerprint density at radius 2 is 2.07 bits per heavy atom. The van der Waals surface area contributed by atoms with Gasteiger partial charge in [-0.2, -0.15) is 5.26 Å². The third-order valence-corrected chi connectivity index (χ3v) is 2.34. The van der Waals surface area contributed by atoms with Crippen molar-refractivity contribution < 1.29 is 4.74 Å². The molecule has 0 saturated heterocycles. The first-order chi connectivity index (χ1) is 6.88. The van der Waals surface area contributed by atoms with Crippen molar-refractivity contribution in [2.75, 3.05) is 0 Å². The van der Waals surface area contributed by atoms with Gasteiger partial charge in [0.2, 0.25) is 5.88 Å². The molecular weight excluding hydrogens is 178 g/mol. The first kappa shape index (κ1) is 8.95. The molecule has 0 bridgehead atoms. The Balaban J connectivity index is 1.99. The summed E-state index contributed by atoms with van der Waals surface area (Å²) >= 11 is 0. The lowest BCUT2D eigenvalue weighted by atomic mass is 10.3. The second kappa shape index (κ2) is 4.05. The molecule has 0 aliphatic heterocycles. The van der Waals surface area contributed by atoms with E-state index in [0.717, 1.165) is 12.8 Å². The van der Waals surface area contributed by atoms with E-state index in [1.54, 1.807) is 12.1 Å². The molecule has 0 unspecified atom stereocenters. The van der Waals surface area contributed by atoms with Crippen LogP contribution in [0.25, 0.3) is 0 Å². The molecule has 0 N–H and O–H groups in total. The largest absolute Gasteiger partial charge is 0.473 e. The van der Waals surface area contributed by atoms with Gasteiger partial charge in [-0.05, 0) is 31.7 Å². The second-order valence-corrected chi connectivity index (χ2v) is 3.39. The number of hydrogen-bond acceptors (Lipinski definition) is 4. The van der Waals surface area contributed by atoms with Crippen molar-refractivity contribution in [3.8, 4) is 11.9 Å². The van der Waals surface area contributed by atoms with Gasteiger partial charge in [0.1, 0.15) is 12.2 Å². The summed E-state index contributed by atoms with van der Waals surface area (Å²) in [6.07, 6.45) is 4.95. The van der Waals surface area contributed by atoms with Crippen LogP contribution in [0.15, 0.2) is 12.1 Å². The van der Waals surface area contributed by atoms with Crippen molar-refractivity contribution in [2.24, 2.45) is 0 Å². The monoisotopic (exact) mass is 189 g/mol. The molecule has 4 nitrogen and oxygen atoms in total. The minimum Gasteiger partial charge on any atom is -0.473 e. The van der Waals surface area contributed by atoms with Crippen LogP contribution < -0.4 is 4.74 Å². The molecule has 1 aromatic rings. The predicted molar refractivity (Wildman–Crippen MR) is 49.6 cm³/mol. The average molecular weight is 189 g/mol. The molecule has 1 fully saturated rings. The summed E-state index contributed by atoms with van der Waals surface area (Å²) in [4.78, 5) is 0. The normalized spacial score (nSPS) is 16.5. The van der Waals surface area contributed by atoms with Crippen LogP contribution in [0.4, 0.5) is 0 Å². The Kier molecular flexibility index (Phi) is 2.59. The minimum absolute atomic E-state index is 0.289. The van der Waals surface area contributed by atoms with Crippen LogP contribution in [0.2, 0.25) is 0 Å². The zero-order chi connectivity index (χ0) is 9.80. The number of aromatic nitrogens is 2. The Hall–Kier alpha value is -1.63. The van der Waals surface area contributed by atoms with Gasteiger partial charge in [-0.3, -0.25) is 0 Å². The van der Waals surface area contributed by atoms with E-state index >= 15 is 0 Å². The third-order valence-electron chi connectivity index (χ3n) is 2.34. The maximum Gasteiger partial charge on any atom is 0.233 e. The van der Waals surface area contributed by atoms with E-state index in [-0.39, 0.29) is 6.10 Å². The molecule has 2 rings (SSSR count). The highest BCUT2D eigenvalue weighted by atomic mass is 16.5. The van der Waals surface area contributed by atoms with Crippen LogP contribution in [-0.4, -0.2) is 16.3 Å². The van der Waals surface area contributed by atoms with Gasteiger partial charge in [-0.1, -0.05) is 0 Å². The number of hydrogen-bond donors (Lipinski definition) is 0. The first-order valence-corrected chi connectivity index (χ1v) is 4.79. The standard InChI is InChI=1S/C10H11N3O/c11-7-8-5-6-10(13-12-8)14-9-3-1-2-4-9/h5-6,9H,1-4H2. The Bertz CT molecular complexity index is 335. The summed E-state index contributed by atoms with van der Waals surface area (Å²) in [5, 5.41) is 16.0. The maximum absolute atomic E-state index is 8.52. The van der Waals surface area contributed by atoms with Gasteiger partial charge < -0.3 is 4.74 Å². The molecule has 1 aromatic heterocycles. The fourth-order valence-electron chi connectivity index (χ4n) is 1.62. The van der Waals surface area contributed by atoms with E-state index in [0.29, 0.717) is 11.6 Å². The molecule has 0 atom stereocenters.